The highest BCUT2D eigenvalue weighted by molar-refractivity contribution is 5.73. The maximum atomic E-state index is 11.2. The summed E-state index contributed by atoms with van der Waals surface area (Å²) in [4.78, 5) is 11.2. The zero-order valence-corrected chi connectivity index (χ0v) is 8.49. The average molecular weight is 204 g/mol. The lowest BCUT2D eigenvalue weighted by atomic mass is 10.3. The van der Waals surface area contributed by atoms with Crippen molar-refractivity contribution in [2.24, 2.45) is 0 Å². The van der Waals surface area contributed by atoms with Crippen LogP contribution in [0.1, 0.15) is 19.8 Å². The Morgan fingerprint density at radius 3 is 2.87 bits per heavy atom. The molecule has 0 bridgehead atoms. The van der Waals surface area contributed by atoms with E-state index in [1.54, 1.807) is 25.1 Å². The summed E-state index contributed by atoms with van der Waals surface area (Å²) in [7, 11) is 0. The molecule has 0 saturated carbocycles. The van der Waals surface area contributed by atoms with E-state index in [1.807, 2.05) is 0 Å². The van der Waals surface area contributed by atoms with Gasteiger partial charge in [-0.25, -0.2) is 0 Å². The van der Waals surface area contributed by atoms with Crippen LogP contribution in [-0.4, -0.2) is 11.1 Å². The Bertz CT molecular complexity index is 399. The van der Waals surface area contributed by atoms with Crippen LogP contribution in [0, 0.1) is 11.8 Å². The number of esters is 1. The molecule has 3 heteroatoms. The molecule has 0 radical (unpaired) electrons. The minimum atomic E-state index is -0.390. The number of phenols is 1. The molecule has 78 valence electrons. The van der Waals surface area contributed by atoms with Gasteiger partial charge in [0.25, 0.3) is 0 Å². The third kappa shape index (κ3) is 3.74. The summed E-state index contributed by atoms with van der Waals surface area (Å²) in [5.74, 6) is 5.22. The van der Waals surface area contributed by atoms with Crippen LogP contribution in [0.5, 0.6) is 11.5 Å². The van der Waals surface area contributed by atoms with Gasteiger partial charge in [0.1, 0.15) is 0 Å². The van der Waals surface area contributed by atoms with E-state index < -0.39 is 0 Å². The first-order valence-electron chi connectivity index (χ1n) is 4.62. The summed E-state index contributed by atoms with van der Waals surface area (Å²) in [5, 5.41) is 9.33. The summed E-state index contributed by atoms with van der Waals surface area (Å²) in [5.41, 5.74) is 0. The van der Waals surface area contributed by atoms with Crippen LogP contribution < -0.4 is 4.74 Å². The lowest BCUT2D eigenvalue weighted by Crippen LogP contribution is -2.07. The van der Waals surface area contributed by atoms with Crippen LogP contribution in [0.2, 0.25) is 0 Å². The molecule has 0 saturated heterocycles. The third-order valence-corrected chi connectivity index (χ3v) is 1.72. The van der Waals surface area contributed by atoms with Crippen molar-refractivity contribution in [3.63, 3.8) is 0 Å². The van der Waals surface area contributed by atoms with Crippen LogP contribution in [0.4, 0.5) is 0 Å². The van der Waals surface area contributed by atoms with Gasteiger partial charge < -0.3 is 9.84 Å². The van der Waals surface area contributed by atoms with Gasteiger partial charge in [-0.3, -0.25) is 4.79 Å². The molecule has 0 amide bonds. The van der Waals surface area contributed by atoms with E-state index in [2.05, 4.69) is 11.8 Å². The first kappa shape index (κ1) is 11.1. The molecule has 1 aromatic rings. The Balaban J connectivity index is 2.50. The second-order valence-electron chi connectivity index (χ2n) is 2.87. The second kappa shape index (κ2) is 5.71. The number of carbonyl (C=O) groups is 1. The molecule has 0 spiro atoms. The normalized spacial score (nSPS) is 8.87. The number of ether oxygens (including phenoxy) is 1. The van der Waals surface area contributed by atoms with Crippen molar-refractivity contribution in [1.82, 2.24) is 0 Å². The maximum Gasteiger partial charge on any atom is 0.312 e. The molecule has 0 unspecified atom stereocenters. The number of para-hydroxylation sites is 2. The van der Waals surface area contributed by atoms with E-state index in [4.69, 9.17) is 4.74 Å². The summed E-state index contributed by atoms with van der Waals surface area (Å²) in [6.45, 7) is 1.72. The standard InChI is InChI=1S/C12H12O3/c1-2-3-4-9-12(14)15-11-8-6-5-7-10(11)13/h5-8,13H,4,9H2,1H3. The second-order valence-corrected chi connectivity index (χ2v) is 2.87. The van der Waals surface area contributed by atoms with Gasteiger partial charge in [0.05, 0.1) is 6.42 Å². The molecule has 0 atom stereocenters. The fourth-order valence-corrected chi connectivity index (χ4v) is 1.01. The zero-order valence-electron chi connectivity index (χ0n) is 8.49. The number of rotatable bonds is 3. The molecule has 1 rings (SSSR count). The highest BCUT2D eigenvalue weighted by Gasteiger charge is 2.06. The lowest BCUT2D eigenvalue weighted by molar-refractivity contribution is -0.134. The molecule has 0 aromatic heterocycles. The van der Waals surface area contributed by atoms with Gasteiger partial charge in [0.2, 0.25) is 0 Å². The first-order chi connectivity index (χ1) is 7.24. The molecular weight excluding hydrogens is 192 g/mol. The molecule has 3 nitrogen and oxygen atoms in total. The van der Waals surface area contributed by atoms with Gasteiger partial charge in [-0.2, -0.15) is 0 Å². The fourth-order valence-electron chi connectivity index (χ4n) is 1.01. The van der Waals surface area contributed by atoms with Crippen LogP contribution >= 0.6 is 0 Å². The fraction of sp³-hybridized carbons (Fsp3) is 0.250. The van der Waals surface area contributed by atoms with Crippen LogP contribution in [-0.2, 0) is 4.79 Å². The first-order valence-corrected chi connectivity index (χ1v) is 4.62. The number of benzene rings is 1. The minimum absolute atomic E-state index is 0.0348. The quantitative estimate of drug-likeness (QED) is 0.466. The van der Waals surface area contributed by atoms with Crippen LogP contribution in [0.25, 0.3) is 0 Å². The number of hydrogen-bond acceptors (Lipinski definition) is 3. The number of aromatic hydroxyl groups is 1. The number of carbonyl (C=O) groups excluding carboxylic acids is 1. The molecule has 15 heavy (non-hydrogen) atoms. The van der Waals surface area contributed by atoms with Crippen molar-refractivity contribution in [3.8, 4) is 23.3 Å². The predicted molar refractivity (Wildman–Crippen MR) is 56.4 cm³/mol. The monoisotopic (exact) mass is 204 g/mol. The summed E-state index contributed by atoms with van der Waals surface area (Å²) < 4.78 is 4.94. The van der Waals surface area contributed by atoms with Crippen molar-refractivity contribution in [1.29, 1.82) is 0 Å². The SMILES string of the molecule is CC#CCCC(=O)Oc1ccccc1O. The largest absolute Gasteiger partial charge is 0.504 e. The van der Waals surface area contributed by atoms with Crippen molar-refractivity contribution in [2.75, 3.05) is 0 Å². The topological polar surface area (TPSA) is 46.5 Å². The summed E-state index contributed by atoms with van der Waals surface area (Å²) >= 11 is 0. The van der Waals surface area contributed by atoms with Crippen molar-refractivity contribution in [2.45, 2.75) is 19.8 Å². The molecular formula is C12H12O3. The highest BCUT2D eigenvalue weighted by Crippen LogP contribution is 2.24. The predicted octanol–water partition coefficient (Wildman–Crippen LogP) is 2.10. The smallest absolute Gasteiger partial charge is 0.312 e. The van der Waals surface area contributed by atoms with Crippen LogP contribution in [0.3, 0.4) is 0 Å². The Labute approximate surface area is 88.7 Å². The van der Waals surface area contributed by atoms with Gasteiger partial charge >= 0.3 is 5.97 Å². The van der Waals surface area contributed by atoms with Crippen molar-refractivity contribution < 1.29 is 14.6 Å². The Morgan fingerprint density at radius 1 is 1.47 bits per heavy atom. The molecule has 0 heterocycles. The maximum absolute atomic E-state index is 11.2. The number of phenolic OH excluding ortho intramolecular Hbond substituents is 1. The molecule has 0 aliphatic rings. The van der Waals surface area contributed by atoms with Gasteiger partial charge in [0.15, 0.2) is 11.5 Å². The van der Waals surface area contributed by atoms with Crippen molar-refractivity contribution >= 4 is 5.97 Å². The van der Waals surface area contributed by atoms with E-state index in [1.165, 1.54) is 6.07 Å². The molecule has 1 N–H and O–H groups in total. The van der Waals surface area contributed by atoms with Crippen LogP contribution in [0.15, 0.2) is 24.3 Å². The zero-order chi connectivity index (χ0) is 11.1. The van der Waals surface area contributed by atoms with Gasteiger partial charge in [-0.1, -0.05) is 12.1 Å². The number of hydrogen-bond donors (Lipinski definition) is 1. The Hall–Kier alpha value is -1.95. The van der Waals surface area contributed by atoms with Gasteiger partial charge in [0, 0.05) is 6.42 Å². The third-order valence-electron chi connectivity index (χ3n) is 1.72. The molecule has 0 aliphatic carbocycles. The molecule has 0 fully saturated rings. The van der Waals surface area contributed by atoms with E-state index in [9.17, 15) is 9.90 Å². The summed E-state index contributed by atoms with van der Waals surface area (Å²) in [6.07, 6.45) is 0.706. The van der Waals surface area contributed by atoms with Gasteiger partial charge in [-0.05, 0) is 19.1 Å². The van der Waals surface area contributed by atoms with E-state index >= 15 is 0 Å². The molecule has 1 aromatic carbocycles. The molecule has 0 aliphatic heterocycles. The Kier molecular flexibility index (Phi) is 4.24. The minimum Gasteiger partial charge on any atom is -0.504 e. The highest BCUT2D eigenvalue weighted by atomic mass is 16.5. The van der Waals surface area contributed by atoms with Crippen molar-refractivity contribution in [3.05, 3.63) is 24.3 Å². The Morgan fingerprint density at radius 2 is 2.20 bits per heavy atom. The van der Waals surface area contributed by atoms with E-state index in [0.29, 0.717) is 6.42 Å². The van der Waals surface area contributed by atoms with E-state index in [0.717, 1.165) is 0 Å². The lowest BCUT2D eigenvalue weighted by Gasteiger charge is -2.04. The van der Waals surface area contributed by atoms with Gasteiger partial charge in [-0.15, -0.1) is 11.8 Å². The average Bonchev–Trinajstić information content (AvgIpc) is 2.22. The summed E-state index contributed by atoms with van der Waals surface area (Å²) in [6, 6.07) is 6.36. The van der Waals surface area contributed by atoms with E-state index in [-0.39, 0.29) is 23.9 Å².